The van der Waals surface area contributed by atoms with Crippen LogP contribution in [0.15, 0.2) is 47.8 Å². The summed E-state index contributed by atoms with van der Waals surface area (Å²) in [5.74, 6) is -0.0888. The van der Waals surface area contributed by atoms with Crippen LogP contribution in [0.4, 0.5) is 0 Å². The summed E-state index contributed by atoms with van der Waals surface area (Å²) in [7, 11) is 0. The van der Waals surface area contributed by atoms with E-state index in [1.165, 1.54) is 0 Å². The van der Waals surface area contributed by atoms with Gasteiger partial charge in [-0.25, -0.2) is 0 Å². The number of hydrogen-bond donors (Lipinski definition) is 2. The molecule has 0 saturated heterocycles. The van der Waals surface area contributed by atoms with Crippen molar-refractivity contribution in [3.05, 3.63) is 58.3 Å². The number of amides is 1. The Bertz CT molecular complexity index is 525. The molecular weight excluding hydrogens is 268 g/mol. The van der Waals surface area contributed by atoms with E-state index >= 15 is 0 Å². The predicted molar refractivity (Wildman–Crippen MR) is 83.6 cm³/mol. The topological polar surface area (TPSA) is 55.1 Å². The van der Waals surface area contributed by atoms with Gasteiger partial charge in [0.25, 0.3) is 0 Å². The number of benzene rings is 1. The van der Waals surface area contributed by atoms with E-state index in [4.69, 9.17) is 5.73 Å². The molecule has 1 amide bonds. The van der Waals surface area contributed by atoms with Crippen LogP contribution in [0.25, 0.3) is 0 Å². The molecule has 1 unspecified atom stereocenters. The lowest BCUT2D eigenvalue weighted by molar-refractivity contribution is -0.123. The predicted octanol–water partition coefficient (Wildman–Crippen LogP) is 3.08. The summed E-state index contributed by atoms with van der Waals surface area (Å²) in [6, 6.07) is 13.5. The number of hydrogen-bond acceptors (Lipinski definition) is 3. The van der Waals surface area contributed by atoms with Gasteiger partial charge in [-0.1, -0.05) is 49.7 Å². The monoisotopic (exact) mass is 288 g/mol. The zero-order valence-electron chi connectivity index (χ0n) is 11.6. The van der Waals surface area contributed by atoms with E-state index in [9.17, 15) is 4.79 Å². The largest absolute Gasteiger partial charge is 0.343 e. The highest BCUT2D eigenvalue weighted by Crippen LogP contribution is 2.25. The van der Waals surface area contributed by atoms with E-state index in [0.29, 0.717) is 6.42 Å². The van der Waals surface area contributed by atoms with Crippen LogP contribution < -0.4 is 11.1 Å². The highest BCUT2D eigenvalue weighted by atomic mass is 32.1. The first-order chi connectivity index (χ1) is 9.72. The van der Waals surface area contributed by atoms with Gasteiger partial charge in [0.2, 0.25) is 5.91 Å². The fourth-order valence-electron chi connectivity index (χ4n) is 2.11. The van der Waals surface area contributed by atoms with Gasteiger partial charge in [-0.15, -0.1) is 11.3 Å². The highest BCUT2D eigenvalue weighted by molar-refractivity contribution is 7.10. The molecule has 2 aromatic rings. The smallest absolute Gasteiger partial charge is 0.237 e. The molecule has 3 nitrogen and oxygen atoms in total. The normalized spacial score (nSPS) is 13.7. The maximum atomic E-state index is 12.2. The van der Waals surface area contributed by atoms with Crippen LogP contribution in [-0.4, -0.2) is 11.9 Å². The standard InChI is InChI=1S/C16H20N2OS/c1-2-7-13(17)16(19)18-15(14-10-6-11-20-14)12-8-4-3-5-9-12/h3-6,8-11,13,15H,2,7,17H2,1H3,(H,18,19)/t13-,15?/m0/s1. The molecule has 0 spiro atoms. The lowest BCUT2D eigenvalue weighted by Gasteiger charge is -2.20. The molecule has 0 aliphatic carbocycles. The van der Waals surface area contributed by atoms with Crippen LogP contribution in [0.3, 0.4) is 0 Å². The molecule has 3 N–H and O–H groups in total. The zero-order chi connectivity index (χ0) is 14.4. The molecule has 0 aliphatic heterocycles. The van der Waals surface area contributed by atoms with Gasteiger partial charge in [0.1, 0.15) is 0 Å². The second-order valence-electron chi connectivity index (χ2n) is 4.76. The lowest BCUT2D eigenvalue weighted by atomic mass is 10.0. The van der Waals surface area contributed by atoms with Gasteiger partial charge >= 0.3 is 0 Å². The summed E-state index contributed by atoms with van der Waals surface area (Å²) < 4.78 is 0. The van der Waals surface area contributed by atoms with E-state index in [1.54, 1.807) is 11.3 Å². The van der Waals surface area contributed by atoms with Gasteiger partial charge in [-0.3, -0.25) is 4.79 Å². The Morgan fingerprint density at radius 2 is 2.00 bits per heavy atom. The zero-order valence-corrected chi connectivity index (χ0v) is 12.4. The number of thiophene rings is 1. The summed E-state index contributed by atoms with van der Waals surface area (Å²) >= 11 is 1.64. The van der Waals surface area contributed by atoms with E-state index in [0.717, 1.165) is 16.9 Å². The third kappa shape index (κ3) is 3.68. The van der Waals surface area contributed by atoms with Gasteiger partial charge < -0.3 is 11.1 Å². The highest BCUT2D eigenvalue weighted by Gasteiger charge is 2.20. The summed E-state index contributed by atoms with van der Waals surface area (Å²) in [4.78, 5) is 13.3. The van der Waals surface area contributed by atoms with Gasteiger partial charge in [-0.2, -0.15) is 0 Å². The summed E-state index contributed by atoms with van der Waals surface area (Å²) in [5, 5.41) is 5.08. The van der Waals surface area contributed by atoms with Crippen LogP contribution in [0.5, 0.6) is 0 Å². The maximum Gasteiger partial charge on any atom is 0.237 e. The van der Waals surface area contributed by atoms with Crippen molar-refractivity contribution in [3.8, 4) is 0 Å². The van der Waals surface area contributed by atoms with E-state index in [-0.39, 0.29) is 11.9 Å². The second kappa shape index (κ2) is 7.22. The third-order valence-electron chi connectivity index (χ3n) is 3.18. The molecule has 0 bridgehead atoms. The molecule has 2 rings (SSSR count). The van der Waals surface area contributed by atoms with E-state index in [2.05, 4.69) is 5.32 Å². The first-order valence-corrected chi connectivity index (χ1v) is 7.74. The number of carbonyl (C=O) groups is 1. The molecule has 0 radical (unpaired) electrons. The minimum absolute atomic E-state index is 0.0888. The molecule has 1 aromatic carbocycles. The van der Waals surface area contributed by atoms with Crippen molar-refractivity contribution < 1.29 is 4.79 Å². The molecule has 1 heterocycles. The van der Waals surface area contributed by atoms with Crippen molar-refractivity contribution >= 4 is 17.2 Å². The Balaban J connectivity index is 2.18. The van der Waals surface area contributed by atoms with Crippen molar-refractivity contribution in [2.75, 3.05) is 0 Å². The fraction of sp³-hybridized carbons (Fsp3) is 0.312. The Labute approximate surface area is 123 Å². The Kier molecular flexibility index (Phi) is 5.32. The van der Waals surface area contributed by atoms with Crippen molar-refractivity contribution in [3.63, 3.8) is 0 Å². The van der Waals surface area contributed by atoms with Gasteiger partial charge in [0.15, 0.2) is 0 Å². The molecule has 0 saturated carbocycles. The number of carbonyl (C=O) groups excluding carboxylic acids is 1. The van der Waals surface area contributed by atoms with Gasteiger partial charge in [0, 0.05) is 4.88 Å². The van der Waals surface area contributed by atoms with Gasteiger partial charge in [-0.05, 0) is 23.4 Å². The molecule has 0 aliphatic rings. The summed E-state index contributed by atoms with van der Waals surface area (Å²) in [6.07, 6.45) is 1.61. The Hall–Kier alpha value is -1.65. The fourth-order valence-corrected chi connectivity index (χ4v) is 2.91. The van der Waals surface area contributed by atoms with Gasteiger partial charge in [0.05, 0.1) is 12.1 Å². The number of nitrogens with two attached hydrogens (primary N) is 1. The number of rotatable bonds is 6. The molecule has 106 valence electrons. The van der Waals surface area contributed by atoms with Crippen LogP contribution in [0, 0.1) is 0 Å². The van der Waals surface area contributed by atoms with E-state index < -0.39 is 6.04 Å². The van der Waals surface area contributed by atoms with Crippen LogP contribution in [0.1, 0.15) is 36.2 Å². The molecule has 4 heteroatoms. The van der Waals surface area contributed by atoms with Crippen LogP contribution >= 0.6 is 11.3 Å². The summed E-state index contributed by atoms with van der Waals surface area (Å²) in [5.41, 5.74) is 6.97. The minimum atomic E-state index is -0.439. The lowest BCUT2D eigenvalue weighted by Crippen LogP contribution is -2.42. The quantitative estimate of drug-likeness (QED) is 0.858. The number of nitrogens with one attached hydrogen (secondary N) is 1. The molecule has 1 aromatic heterocycles. The van der Waals surface area contributed by atoms with Crippen molar-refractivity contribution in [2.45, 2.75) is 31.8 Å². The molecule has 0 fully saturated rings. The SMILES string of the molecule is CCC[C@H](N)C(=O)NC(c1ccccc1)c1cccs1. The minimum Gasteiger partial charge on any atom is -0.343 e. The van der Waals surface area contributed by atoms with Crippen LogP contribution in [-0.2, 0) is 4.79 Å². The Morgan fingerprint density at radius 1 is 1.25 bits per heavy atom. The second-order valence-corrected chi connectivity index (χ2v) is 5.74. The molecule has 20 heavy (non-hydrogen) atoms. The van der Waals surface area contributed by atoms with Crippen molar-refractivity contribution in [1.82, 2.24) is 5.32 Å². The maximum absolute atomic E-state index is 12.2. The molecule has 2 atom stereocenters. The average molecular weight is 288 g/mol. The first-order valence-electron chi connectivity index (χ1n) is 6.86. The third-order valence-corrected chi connectivity index (χ3v) is 4.12. The molecular formula is C16H20N2OS. The average Bonchev–Trinajstić information content (AvgIpc) is 2.99. The van der Waals surface area contributed by atoms with Crippen molar-refractivity contribution in [1.29, 1.82) is 0 Å². The van der Waals surface area contributed by atoms with Crippen LogP contribution in [0.2, 0.25) is 0 Å². The van der Waals surface area contributed by atoms with Crippen molar-refractivity contribution in [2.24, 2.45) is 5.73 Å². The first kappa shape index (κ1) is 14.8. The van der Waals surface area contributed by atoms with E-state index in [1.807, 2.05) is 54.8 Å². The summed E-state index contributed by atoms with van der Waals surface area (Å²) in [6.45, 7) is 2.03. The Morgan fingerprint density at radius 3 is 2.60 bits per heavy atom.